The maximum absolute atomic E-state index is 9.37. The van der Waals surface area contributed by atoms with E-state index in [-0.39, 0.29) is 33.7 Å². The van der Waals surface area contributed by atoms with Gasteiger partial charge in [-0.2, -0.15) is 0 Å². The third-order valence-corrected chi connectivity index (χ3v) is 0.302. The van der Waals surface area contributed by atoms with Gasteiger partial charge in [-0.25, -0.2) is 0 Å². The summed E-state index contributed by atoms with van der Waals surface area (Å²) >= 11 is 0. The van der Waals surface area contributed by atoms with Crippen molar-refractivity contribution >= 4 is 33.3 Å². The topological polar surface area (TPSA) is 37.3 Å². The van der Waals surface area contributed by atoms with Crippen LogP contribution >= 0.6 is 0 Å². The normalized spacial score (nSPS) is 6.17. The number of carboxylic acids is 1. The molecule has 0 aliphatic heterocycles. The first-order chi connectivity index (χ1) is 2.27. The van der Waals surface area contributed by atoms with Gasteiger partial charge in [-0.15, -0.1) is 0 Å². The molecule has 0 aromatic rings. The van der Waals surface area contributed by atoms with Crippen molar-refractivity contribution in [2.24, 2.45) is 0 Å². The zero-order valence-corrected chi connectivity index (χ0v) is 8.13. The fraction of sp³-hybridized carbons (Fsp3) is 0.667. The molecule has 1 radical (unpaired) electrons. The number of hydrogen-bond donors (Lipinski definition) is 1. The van der Waals surface area contributed by atoms with Crippen LogP contribution in [0.3, 0.4) is 0 Å². The van der Waals surface area contributed by atoms with Crippen LogP contribution in [0.5, 0.6) is 0 Å². The molecule has 0 aliphatic rings. The summed E-state index contributed by atoms with van der Waals surface area (Å²) in [6.07, 6.45) is 0.222. The van der Waals surface area contributed by atoms with Crippen LogP contribution in [0.4, 0.5) is 0 Å². The van der Waals surface area contributed by atoms with Crippen molar-refractivity contribution in [1.29, 1.82) is 0 Å². The Morgan fingerprint density at radius 2 is 2.00 bits per heavy atom. The van der Waals surface area contributed by atoms with Crippen LogP contribution in [0.1, 0.15) is 13.3 Å². The van der Waals surface area contributed by atoms with Crippen LogP contribution in [0.2, 0.25) is 0 Å². The molecule has 0 amide bonds. The molecule has 2 nitrogen and oxygen atoms in total. The van der Waals surface area contributed by atoms with Gasteiger partial charge < -0.3 is 5.11 Å². The molecule has 0 heterocycles. The Kier molecular flexibility index (Phi) is 8.66. The van der Waals surface area contributed by atoms with Gasteiger partial charge >= 0.3 is 5.97 Å². The zero-order chi connectivity index (χ0) is 4.28. The average molecular weight is 278 g/mol. The van der Waals surface area contributed by atoms with E-state index in [2.05, 4.69) is 0 Å². The molecule has 1 N–H and O–H groups in total. The van der Waals surface area contributed by atoms with Crippen molar-refractivity contribution in [3.8, 4) is 0 Å². The van der Waals surface area contributed by atoms with E-state index in [9.17, 15) is 4.79 Å². The molecule has 0 spiro atoms. The fourth-order valence-corrected chi connectivity index (χ4v) is 0. The minimum atomic E-state index is -0.745. The largest absolute Gasteiger partial charge is 0.481 e. The Labute approximate surface area is 56.7 Å². The predicted molar refractivity (Wildman–Crippen MR) is 23.7 cm³/mol. The Bertz CT molecular complexity index is 44.1. The summed E-state index contributed by atoms with van der Waals surface area (Å²) in [6.45, 7) is 1.60. The van der Waals surface area contributed by atoms with Gasteiger partial charge in [0.1, 0.15) is 0 Å². The second-order valence-corrected chi connectivity index (χ2v) is 0.747. The van der Waals surface area contributed by atoms with Crippen molar-refractivity contribution in [3.63, 3.8) is 0 Å². The SMILES string of the molecule is CCC(=O)O.[Tl]. The molecule has 3 heteroatoms. The molecular formula is C3H6O2Tl. The van der Waals surface area contributed by atoms with Crippen LogP contribution in [0.15, 0.2) is 0 Å². The number of carboxylic acid groups (broad SMARTS) is 1. The molecule has 0 saturated carbocycles. The molecule has 0 atom stereocenters. The predicted octanol–water partition coefficient (Wildman–Crippen LogP) is 0.100. The van der Waals surface area contributed by atoms with Crippen molar-refractivity contribution < 1.29 is 9.90 Å². The third kappa shape index (κ3) is 8.83. The summed E-state index contributed by atoms with van der Waals surface area (Å²) in [5.74, 6) is -0.745. The number of aliphatic carboxylic acids is 1. The van der Waals surface area contributed by atoms with E-state index in [4.69, 9.17) is 5.11 Å². The van der Waals surface area contributed by atoms with Crippen LogP contribution in [-0.2, 0) is 4.79 Å². The molecule has 0 saturated heterocycles. The van der Waals surface area contributed by atoms with E-state index in [1.807, 2.05) is 0 Å². The quantitative estimate of drug-likeness (QED) is 0.691. The fourth-order valence-electron chi connectivity index (χ4n) is 0. The molecule has 0 unspecified atom stereocenters. The second kappa shape index (κ2) is 5.39. The van der Waals surface area contributed by atoms with Gasteiger partial charge in [0.2, 0.25) is 0 Å². The van der Waals surface area contributed by atoms with Gasteiger partial charge in [0.15, 0.2) is 0 Å². The van der Waals surface area contributed by atoms with Gasteiger partial charge in [-0.1, -0.05) is 6.92 Å². The van der Waals surface area contributed by atoms with E-state index < -0.39 is 5.97 Å². The van der Waals surface area contributed by atoms with Crippen LogP contribution < -0.4 is 0 Å². The second-order valence-electron chi connectivity index (χ2n) is 0.747. The molecule has 0 aromatic heterocycles. The molecule has 33 valence electrons. The monoisotopic (exact) mass is 279 g/mol. The minimum Gasteiger partial charge on any atom is -0.481 e. The molecule has 0 fully saturated rings. The molecule has 0 aromatic carbocycles. The molecule has 0 rings (SSSR count). The Balaban J connectivity index is 0. The smallest absolute Gasteiger partial charge is 0.303 e. The summed E-state index contributed by atoms with van der Waals surface area (Å²) < 4.78 is 0. The number of carbonyl (C=O) groups is 1. The molecular weight excluding hydrogens is 272 g/mol. The van der Waals surface area contributed by atoms with Crippen molar-refractivity contribution in [3.05, 3.63) is 0 Å². The maximum atomic E-state index is 9.37. The van der Waals surface area contributed by atoms with Crippen molar-refractivity contribution in [2.45, 2.75) is 13.3 Å². The first kappa shape index (κ1) is 9.63. The summed E-state index contributed by atoms with van der Waals surface area (Å²) in [5.41, 5.74) is 0. The molecule has 0 bridgehead atoms. The average Bonchev–Trinajstić information content (AvgIpc) is 1.38. The van der Waals surface area contributed by atoms with E-state index in [0.29, 0.717) is 0 Å². The standard InChI is InChI=1S/C3H6O2.Tl/c1-2-3(4)5;/h2H2,1H3,(H,4,5);. The van der Waals surface area contributed by atoms with E-state index in [1.165, 1.54) is 0 Å². The summed E-state index contributed by atoms with van der Waals surface area (Å²) in [6, 6.07) is 0. The van der Waals surface area contributed by atoms with E-state index in [0.717, 1.165) is 0 Å². The first-order valence-electron chi connectivity index (χ1n) is 1.49. The summed E-state index contributed by atoms with van der Waals surface area (Å²) in [5, 5.41) is 7.72. The summed E-state index contributed by atoms with van der Waals surface area (Å²) in [4.78, 5) is 9.37. The van der Waals surface area contributed by atoms with Gasteiger partial charge in [0.05, 0.1) is 0 Å². The van der Waals surface area contributed by atoms with Crippen molar-refractivity contribution in [2.75, 3.05) is 0 Å². The number of rotatable bonds is 1. The zero-order valence-electron chi connectivity index (χ0n) is 3.64. The Morgan fingerprint density at radius 3 is 2.00 bits per heavy atom. The van der Waals surface area contributed by atoms with Gasteiger partial charge in [0, 0.05) is 33.7 Å². The molecule has 0 aliphatic carbocycles. The Hall–Kier alpha value is 0.392. The molecule has 6 heavy (non-hydrogen) atoms. The van der Waals surface area contributed by atoms with Crippen LogP contribution in [0, 0.1) is 0 Å². The van der Waals surface area contributed by atoms with E-state index >= 15 is 0 Å². The first-order valence-corrected chi connectivity index (χ1v) is 1.49. The van der Waals surface area contributed by atoms with Crippen molar-refractivity contribution in [1.82, 2.24) is 0 Å². The van der Waals surface area contributed by atoms with Crippen LogP contribution in [-0.4, -0.2) is 38.4 Å². The number of hydrogen-bond acceptors (Lipinski definition) is 1. The van der Waals surface area contributed by atoms with Gasteiger partial charge in [0.25, 0.3) is 0 Å². The third-order valence-electron chi connectivity index (χ3n) is 0.302. The van der Waals surface area contributed by atoms with Gasteiger partial charge in [-0.05, 0) is 0 Å². The summed E-state index contributed by atoms with van der Waals surface area (Å²) in [7, 11) is 0. The van der Waals surface area contributed by atoms with Gasteiger partial charge in [-0.3, -0.25) is 4.79 Å². The Morgan fingerprint density at radius 1 is 1.83 bits per heavy atom. The maximum Gasteiger partial charge on any atom is 0.303 e. The van der Waals surface area contributed by atoms with Crippen LogP contribution in [0.25, 0.3) is 0 Å². The minimum absolute atomic E-state index is 0. The van der Waals surface area contributed by atoms with E-state index in [1.54, 1.807) is 6.92 Å².